The van der Waals surface area contributed by atoms with E-state index in [2.05, 4.69) is 62.5 Å². The lowest BCUT2D eigenvalue weighted by molar-refractivity contribution is -0.150. The van der Waals surface area contributed by atoms with E-state index in [1.807, 2.05) is 0 Å². The molecule has 0 aliphatic carbocycles. The van der Waals surface area contributed by atoms with Gasteiger partial charge in [-0.25, -0.2) is 0 Å². The standard InChI is InChI=1S/C38H66O4/c1-3-5-6-7-8-9-10-11-12-16-19-22-25-28-31-35-38(41)42-36(32-4-2)33-29-26-23-20-17-14-13-15-18-21-24-27-30-34-37(39)40/h5-6,8-9,11-12,19,22,36H,3-4,7,10,13-18,20-21,23-35H2,1-2H3,(H,39,40)/b6-5-,9-8-,12-11-,22-19-. The molecule has 0 rings (SSSR count). The number of esters is 1. The van der Waals surface area contributed by atoms with Crippen molar-refractivity contribution in [1.82, 2.24) is 0 Å². The zero-order valence-corrected chi connectivity index (χ0v) is 27.5. The van der Waals surface area contributed by atoms with Gasteiger partial charge in [-0.3, -0.25) is 9.59 Å². The molecule has 0 spiro atoms. The molecular formula is C38H66O4. The SMILES string of the molecule is CC/C=C\C/C=C\C/C=C\C/C=C\CCCCC(=O)OC(CCC)CCCCCCCCCCCCCCCC(=O)O. The van der Waals surface area contributed by atoms with Crippen LogP contribution >= 0.6 is 0 Å². The molecule has 0 aliphatic rings. The Kier molecular flexibility index (Phi) is 31.7. The Labute approximate surface area is 260 Å². The summed E-state index contributed by atoms with van der Waals surface area (Å²) >= 11 is 0. The molecule has 0 saturated carbocycles. The summed E-state index contributed by atoms with van der Waals surface area (Å²) < 4.78 is 5.83. The molecule has 1 unspecified atom stereocenters. The molecule has 42 heavy (non-hydrogen) atoms. The third-order valence-corrected chi connectivity index (χ3v) is 7.55. The highest BCUT2D eigenvalue weighted by atomic mass is 16.5. The Hall–Kier alpha value is -2.10. The summed E-state index contributed by atoms with van der Waals surface area (Å²) in [6.45, 7) is 4.33. The van der Waals surface area contributed by atoms with Crippen LogP contribution in [-0.2, 0) is 14.3 Å². The second kappa shape index (κ2) is 33.4. The molecule has 0 fully saturated rings. The Morgan fingerprint density at radius 3 is 1.50 bits per heavy atom. The maximum Gasteiger partial charge on any atom is 0.306 e. The van der Waals surface area contributed by atoms with Crippen molar-refractivity contribution in [2.24, 2.45) is 0 Å². The van der Waals surface area contributed by atoms with Gasteiger partial charge >= 0.3 is 11.9 Å². The maximum absolute atomic E-state index is 12.4. The fraction of sp³-hybridized carbons (Fsp3) is 0.737. The van der Waals surface area contributed by atoms with E-state index in [4.69, 9.17) is 9.84 Å². The van der Waals surface area contributed by atoms with Crippen LogP contribution in [0.1, 0.15) is 174 Å². The van der Waals surface area contributed by atoms with E-state index in [9.17, 15) is 9.59 Å². The molecule has 0 radical (unpaired) electrons. The number of carboxylic acid groups (broad SMARTS) is 1. The third kappa shape index (κ3) is 32.4. The van der Waals surface area contributed by atoms with Crippen molar-refractivity contribution < 1.29 is 19.4 Å². The van der Waals surface area contributed by atoms with Gasteiger partial charge in [-0.05, 0) is 70.6 Å². The Bertz CT molecular complexity index is 719. The first kappa shape index (κ1) is 39.9. The van der Waals surface area contributed by atoms with Gasteiger partial charge in [-0.2, -0.15) is 0 Å². The molecule has 4 heteroatoms. The number of rotatable bonds is 31. The van der Waals surface area contributed by atoms with Crippen molar-refractivity contribution in [3.05, 3.63) is 48.6 Å². The first-order valence-corrected chi connectivity index (χ1v) is 17.6. The Morgan fingerprint density at radius 2 is 1.00 bits per heavy atom. The lowest BCUT2D eigenvalue weighted by atomic mass is 10.0. The van der Waals surface area contributed by atoms with E-state index in [-0.39, 0.29) is 12.1 Å². The summed E-state index contributed by atoms with van der Waals surface area (Å²) in [5.41, 5.74) is 0. The topological polar surface area (TPSA) is 63.6 Å². The largest absolute Gasteiger partial charge is 0.481 e. The summed E-state index contributed by atoms with van der Waals surface area (Å²) in [6.07, 6.45) is 44.7. The zero-order valence-electron chi connectivity index (χ0n) is 27.5. The van der Waals surface area contributed by atoms with E-state index in [1.165, 1.54) is 64.2 Å². The number of hydrogen-bond donors (Lipinski definition) is 1. The molecular weight excluding hydrogens is 520 g/mol. The van der Waals surface area contributed by atoms with Gasteiger partial charge in [-0.15, -0.1) is 0 Å². The van der Waals surface area contributed by atoms with Crippen LogP contribution in [0, 0.1) is 0 Å². The molecule has 1 N–H and O–H groups in total. The van der Waals surface area contributed by atoms with Gasteiger partial charge in [0, 0.05) is 12.8 Å². The molecule has 4 nitrogen and oxygen atoms in total. The van der Waals surface area contributed by atoms with Crippen LogP contribution in [0.2, 0.25) is 0 Å². The molecule has 0 aromatic heterocycles. The smallest absolute Gasteiger partial charge is 0.306 e. The average Bonchev–Trinajstić information content (AvgIpc) is 2.97. The molecule has 0 heterocycles. The first-order valence-electron chi connectivity index (χ1n) is 17.6. The van der Waals surface area contributed by atoms with Crippen molar-refractivity contribution in [2.45, 2.75) is 180 Å². The minimum absolute atomic E-state index is 0.0149. The molecule has 0 amide bonds. The number of ether oxygens (including phenoxy) is 1. The molecule has 0 saturated heterocycles. The van der Waals surface area contributed by atoms with Gasteiger partial charge in [0.1, 0.15) is 6.10 Å². The van der Waals surface area contributed by atoms with Crippen LogP contribution in [0.15, 0.2) is 48.6 Å². The minimum atomic E-state index is -0.672. The zero-order chi connectivity index (χ0) is 30.8. The highest BCUT2D eigenvalue weighted by Crippen LogP contribution is 2.17. The van der Waals surface area contributed by atoms with Crippen LogP contribution in [-0.4, -0.2) is 23.1 Å². The van der Waals surface area contributed by atoms with Crippen molar-refractivity contribution >= 4 is 11.9 Å². The Balaban J connectivity index is 3.65. The van der Waals surface area contributed by atoms with E-state index in [0.717, 1.165) is 83.5 Å². The summed E-state index contributed by atoms with van der Waals surface area (Å²) in [5.74, 6) is -0.687. The quantitative estimate of drug-likeness (QED) is 0.0498. The van der Waals surface area contributed by atoms with Crippen LogP contribution in [0.25, 0.3) is 0 Å². The third-order valence-electron chi connectivity index (χ3n) is 7.55. The predicted octanol–water partition coefficient (Wildman–Crippen LogP) is 12.0. The number of allylic oxidation sites excluding steroid dienone is 8. The van der Waals surface area contributed by atoms with Crippen LogP contribution in [0.3, 0.4) is 0 Å². The summed E-state index contributed by atoms with van der Waals surface area (Å²) in [5, 5.41) is 8.65. The number of carbonyl (C=O) groups is 2. The normalized spacial score (nSPS) is 12.8. The summed E-state index contributed by atoms with van der Waals surface area (Å²) in [7, 11) is 0. The summed E-state index contributed by atoms with van der Waals surface area (Å²) in [4.78, 5) is 22.9. The lowest BCUT2D eigenvalue weighted by Crippen LogP contribution is -2.18. The van der Waals surface area contributed by atoms with Crippen molar-refractivity contribution in [2.75, 3.05) is 0 Å². The average molecular weight is 587 g/mol. The fourth-order valence-corrected chi connectivity index (χ4v) is 5.05. The van der Waals surface area contributed by atoms with Crippen LogP contribution in [0.4, 0.5) is 0 Å². The van der Waals surface area contributed by atoms with Crippen molar-refractivity contribution in [3.8, 4) is 0 Å². The maximum atomic E-state index is 12.4. The Morgan fingerprint density at radius 1 is 0.548 bits per heavy atom. The molecule has 0 aromatic rings. The highest BCUT2D eigenvalue weighted by molar-refractivity contribution is 5.69. The van der Waals surface area contributed by atoms with E-state index < -0.39 is 5.97 Å². The lowest BCUT2D eigenvalue weighted by Gasteiger charge is -2.17. The number of carbonyl (C=O) groups excluding carboxylic acids is 1. The van der Waals surface area contributed by atoms with Crippen LogP contribution in [0.5, 0.6) is 0 Å². The minimum Gasteiger partial charge on any atom is -0.481 e. The molecule has 0 aliphatic heterocycles. The monoisotopic (exact) mass is 586 g/mol. The van der Waals surface area contributed by atoms with E-state index in [0.29, 0.717) is 12.8 Å². The van der Waals surface area contributed by atoms with Crippen molar-refractivity contribution in [3.63, 3.8) is 0 Å². The number of aliphatic carboxylic acids is 1. The first-order chi connectivity index (χ1) is 20.6. The van der Waals surface area contributed by atoms with Gasteiger partial charge in [0.05, 0.1) is 0 Å². The van der Waals surface area contributed by atoms with E-state index >= 15 is 0 Å². The van der Waals surface area contributed by atoms with Gasteiger partial charge < -0.3 is 9.84 Å². The predicted molar refractivity (Wildman–Crippen MR) is 181 cm³/mol. The number of carboxylic acids is 1. The highest BCUT2D eigenvalue weighted by Gasteiger charge is 2.13. The second-order valence-electron chi connectivity index (χ2n) is 11.7. The van der Waals surface area contributed by atoms with Gasteiger partial charge in [0.2, 0.25) is 0 Å². The van der Waals surface area contributed by atoms with Gasteiger partial charge in [-0.1, -0.05) is 140 Å². The molecule has 0 bridgehead atoms. The van der Waals surface area contributed by atoms with Gasteiger partial charge in [0.25, 0.3) is 0 Å². The second-order valence-corrected chi connectivity index (χ2v) is 11.7. The molecule has 242 valence electrons. The number of unbranched alkanes of at least 4 members (excludes halogenated alkanes) is 14. The molecule has 0 aromatic carbocycles. The van der Waals surface area contributed by atoms with Gasteiger partial charge in [0.15, 0.2) is 0 Å². The fourth-order valence-electron chi connectivity index (χ4n) is 5.05. The van der Waals surface area contributed by atoms with E-state index in [1.54, 1.807) is 0 Å². The number of hydrogen-bond acceptors (Lipinski definition) is 3. The summed E-state index contributed by atoms with van der Waals surface area (Å²) in [6, 6.07) is 0. The van der Waals surface area contributed by atoms with Crippen molar-refractivity contribution in [1.29, 1.82) is 0 Å². The molecule has 1 atom stereocenters. The van der Waals surface area contributed by atoms with Crippen LogP contribution < -0.4 is 0 Å².